The highest BCUT2D eigenvalue weighted by Crippen LogP contribution is 2.31. The molecule has 2 nitrogen and oxygen atoms in total. The van der Waals surface area contributed by atoms with E-state index in [1.54, 1.807) is 0 Å². The molecule has 1 aromatic carbocycles. The maximum atomic E-state index is 5.93. The SMILES string of the molecule is CCC1CCCC(Nc2ccccc2OCC(C)C)C1. The third-order valence-electron chi connectivity index (χ3n) is 4.18. The van der Waals surface area contributed by atoms with Crippen LogP contribution < -0.4 is 10.1 Å². The first-order valence-corrected chi connectivity index (χ1v) is 8.17. The molecule has 1 fully saturated rings. The summed E-state index contributed by atoms with van der Waals surface area (Å²) in [6.07, 6.45) is 6.65. The molecular weight excluding hydrogens is 246 g/mol. The Hall–Kier alpha value is -1.18. The van der Waals surface area contributed by atoms with Gasteiger partial charge in [-0.2, -0.15) is 0 Å². The zero-order valence-corrected chi connectivity index (χ0v) is 13.2. The van der Waals surface area contributed by atoms with Crippen LogP contribution in [0.25, 0.3) is 0 Å². The molecule has 2 unspecified atom stereocenters. The van der Waals surface area contributed by atoms with Crippen molar-refractivity contribution in [2.75, 3.05) is 11.9 Å². The van der Waals surface area contributed by atoms with Crippen LogP contribution in [0.5, 0.6) is 5.75 Å². The minimum absolute atomic E-state index is 0.558. The maximum absolute atomic E-state index is 5.93. The molecule has 0 radical (unpaired) electrons. The molecule has 0 amide bonds. The average Bonchev–Trinajstić information content (AvgIpc) is 2.46. The summed E-state index contributed by atoms with van der Waals surface area (Å²) in [4.78, 5) is 0. The van der Waals surface area contributed by atoms with Crippen molar-refractivity contribution in [2.24, 2.45) is 11.8 Å². The molecule has 0 heterocycles. The Bertz CT molecular complexity index is 402. The fourth-order valence-corrected chi connectivity index (χ4v) is 2.98. The first-order valence-electron chi connectivity index (χ1n) is 8.17. The molecule has 20 heavy (non-hydrogen) atoms. The van der Waals surface area contributed by atoms with Crippen molar-refractivity contribution >= 4 is 5.69 Å². The molecule has 2 atom stereocenters. The van der Waals surface area contributed by atoms with Crippen LogP contribution in [-0.2, 0) is 0 Å². The van der Waals surface area contributed by atoms with Gasteiger partial charge < -0.3 is 10.1 Å². The molecule has 1 saturated carbocycles. The molecule has 1 aliphatic rings. The summed E-state index contributed by atoms with van der Waals surface area (Å²) in [5.41, 5.74) is 1.16. The molecule has 1 aromatic rings. The Morgan fingerprint density at radius 3 is 2.80 bits per heavy atom. The Balaban J connectivity index is 1.97. The van der Waals surface area contributed by atoms with Gasteiger partial charge in [0.15, 0.2) is 0 Å². The standard InChI is InChI=1S/C18H29NO/c1-4-15-8-7-9-16(12-15)19-17-10-5-6-11-18(17)20-13-14(2)3/h5-6,10-11,14-16,19H,4,7-9,12-13H2,1-3H3. The van der Waals surface area contributed by atoms with Crippen molar-refractivity contribution in [3.8, 4) is 5.75 Å². The zero-order chi connectivity index (χ0) is 14.4. The first-order chi connectivity index (χ1) is 9.69. The molecule has 2 rings (SSSR count). The largest absolute Gasteiger partial charge is 0.491 e. The smallest absolute Gasteiger partial charge is 0.142 e. The highest BCUT2D eigenvalue weighted by Gasteiger charge is 2.21. The van der Waals surface area contributed by atoms with Gasteiger partial charge in [0.25, 0.3) is 0 Å². The second-order valence-corrected chi connectivity index (χ2v) is 6.48. The Kier molecular flexibility index (Phi) is 5.75. The van der Waals surface area contributed by atoms with E-state index in [1.165, 1.54) is 32.1 Å². The summed E-state index contributed by atoms with van der Waals surface area (Å²) in [7, 11) is 0. The number of para-hydroxylation sites is 2. The third-order valence-corrected chi connectivity index (χ3v) is 4.18. The number of rotatable bonds is 6. The number of nitrogens with one attached hydrogen (secondary N) is 1. The summed E-state index contributed by atoms with van der Waals surface area (Å²) in [5, 5.41) is 3.71. The van der Waals surface area contributed by atoms with Gasteiger partial charge >= 0.3 is 0 Å². The number of hydrogen-bond acceptors (Lipinski definition) is 2. The van der Waals surface area contributed by atoms with Crippen LogP contribution in [0.1, 0.15) is 52.9 Å². The van der Waals surface area contributed by atoms with Gasteiger partial charge in [0.1, 0.15) is 5.75 Å². The molecule has 0 aromatic heterocycles. The summed E-state index contributed by atoms with van der Waals surface area (Å²) >= 11 is 0. The number of ether oxygens (including phenoxy) is 1. The van der Waals surface area contributed by atoms with Crippen molar-refractivity contribution in [3.05, 3.63) is 24.3 Å². The second-order valence-electron chi connectivity index (χ2n) is 6.48. The lowest BCUT2D eigenvalue weighted by atomic mass is 9.84. The first kappa shape index (κ1) is 15.2. The zero-order valence-electron chi connectivity index (χ0n) is 13.2. The van der Waals surface area contributed by atoms with Crippen LogP contribution in [0, 0.1) is 11.8 Å². The van der Waals surface area contributed by atoms with E-state index in [9.17, 15) is 0 Å². The highest BCUT2D eigenvalue weighted by atomic mass is 16.5. The van der Waals surface area contributed by atoms with Crippen LogP contribution in [0.15, 0.2) is 24.3 Å². The lowest BCUT2D eigenvalue weighted by Gasteiger charge is -2.30. The lowest BCUT2D eigenvalue weighted by molar-refractivity contribution is 0.271. The highest BCUT2D eigenvalue weighted by molar-refractivity contribution is 5.56. The van der Waals surface area contributed by atoms with E-state index in [1.807, 2.05) is 0 Å². The Morgan fingerprint density at radius 1 is 1.25 bits per heavy atom. The van der Waals surface area contributed by atoms with Crippen molar-refractivity contribution in [1.82, 2.24) is 0 Å². The summed E-state index contributed by atoms with van der Waals surface area (Å²) in [5.74, 6) is 2.45. The van der Waals surface area contributed by atoms with Crippen LogP contribution in [-0.4, -0.2) is 12.6 Å². The summed E-state index contributed by atoms with van der Waals surface area (Å²) in [6.45, 7) is 7.46. The maximum Gasteiger partial charge on any atom is 0.142 e. The van der Waals surface area contributed by atoms with E-state index in [0.717, 1.165) is 24.0 Å². The van der Waals surface area contributed by atoms with Gasteiger partial charge in [0.2, 0.25) is 0 Å². The second kappa shape index (κ2) is 7.56. The van der Waals surface area contributed by atoms with Crippen molar-refractivity contribution < 1.29 is 4.74 Å². The lowest BCUT2D eigenvalue weighted by Crippen LogP contribution is -2.27. The quantitative estimate of drug-likeness (QED) is 0.779. The van der Waals surface area contributed by atoms with Crippen molar-refractivity contribution in [3.63, 3.8) is 0 Å². The van der Waals surface area contributed by atoms with Crippen LogP contribution >= 0.6 is 0 Å². The predicted octanol–water partition coefficient (Wildman–Crippen LogP) is 5.10. The topological polar surface area (TPSA) is 21.3 Å². The van der Waals surface area contributed by atoms with Gasteiger partial charge in [-0.3, -0.25) is 0 Å². The van der Waals surface area contributed by atoms with Gasteiger partial charge in [0, 0.05) is 6.04 Å². The fraction of sp³-hybridized carbons (Fsp3) is 0.667. The van der Waals surface area contributed by atoms with E-state index >= 15 is 0 Å². The van der Waals surface area contributed by atoms with Gasteiger partial charge in [-0.25, -0.2) is 0 Å². The monoisotopic (exact) mass is 275 g/mol. The van der Waals surface area contributed by atoms with Crippen molar-refractivity contribution in [1.29, 1.82) is 0 Å². The van der Waals surface area contributed by atoms with Gasteiger partial charge in [-0.15, -0.1) is 0 Å². The van der Waals surface area contributed by atoms with Crippen LogP contribution in [0.3, 0.4) is 0 Å². The Morgan fingerprint density at radius 2 is 2.05 bits per heavy atom. The predicted molar refractivity (Wildman–Crippen MR) is 86.4 cm³/mol. The normalized spacial score (nSPS) is 22.8. The molecule has 112 valence electrons. The molecule has 0 spiro atoms. The van der Waals surface area contributed by atoms with Gasteiger partial charge in [0.05, 0.1) is 12.3 Å². The van der Waals surface area contributed by atoms with E-state index in [0.29, 0.717) is 12.0 Å². The van der Waals surface area contributed by atoms with E-state index in [4.69, 9.17) is 4.74 Å². The van der Waals surface area contributed by atoms with Crippen LogP contribution in [0.2, 0.25) is 0 Å². The molecule has 2 heteroatoms. The van der Waals surface area contributed by atoms with Gasteiger partial charge in [-0.05, 0) is 36.8 Å². The fourth-order valence-electron chi connectivity index (χ4n) is 2.98. The van der Waals surface area contributed by atoms with E-state index in [-0.39, 0.29) is 0 Å². The van der Waals surface area contributed by atoms with E-state index < -0.39 is 0 Å². The summed E-state index contributed by atoms with van der Waals surface area (Å²) < 4.78 is 5.93. The van der Waals surface area contributed by atoms with E-state index in [2.05, 4.69) is 50.4 Å². The molecular formula is C18H29NO. The minimum Gasteiger partial charge on any atom is -0.491 e. The third kappa shape index (κ3) is 4.43. The van der Waals surface area contributed by atoms with Crippen LogP contribution in [0.4, 0.5) is 5.69 Å². The number of hydrogen-bond donors (Lipinski definition) is 1. The molecule has 1 N–H and O–H groups in total. The molecule has 0 saturated heterocycles. The molecule has 0 bridgehead atoms. The molecule has 0 aliphatic heterocycles. The average molecular weight is 275 g/mol. The number of benzene rings is 1. The van der Waals surface area contributed by atoms with Gasteiger partial charge in [-0.1, -0.05) is 52.2 Å². The molecule has 1 aliphatic carbocycles. The Labute approximate surface area is 123 Å². The summed E-state index contributed by atoms with van der Waals surface area (Å²) in [6, 6.07) is 8.97. The minimum atomic E-state index is 0.558. The van der Waals surface area contributed by atoms with Crippen molar-refractivity contribution in [2.45, 2.75) is 58.9 Å². The number of anilines is 1.